The molecule has 3 rings (SSSR count). The molecule has 0 saturated carbocycles. The molecule has 1 saturated heterocycles. The van der Waals surface area contributed by atoms with Gasteiger partial charge in [0, 0.05) is 24.5 Å². The SMILES string of the molecule is Cc1cc(/C=C(\C#N)C(=O)NNC(=O)c2ccccc2F)c(C)n1CC1CCCO1. The first kappa shape index (κ1) is 21.3. The normalized spacial score (nSPS) is 16.2. The molecule has 2 N–H and O–H groups in total. The minimum atomic E-state index is -0.812. The van der Waals surface area contributed by atoms with E-state index >= 15 is 0 Å². The Kier molecular flexibility index (Phi) is 6.65. The number of aromatic nitrogens is 1. The molecule has 2 heterocycles. The van der Waals surface area contributed by atoms with E-state index in [4.69, 9.17) is 4.74 Å². The summed E-state index contributed by atoms with van der Waals surface area (Å²) in [6, 6.07) is 9.14. The summed E-state index contributed by atoms with van der Waals surface area (Å²) in [7, 11) is 0. The van der Waals surface area contributed by atoms with Crippen LogP contribution in [0.2, 0.25) is 0 Å². The average Bonchev–Trinajstić information content (AvgIpc) is 3.34. The summed E-state index contributed by atoms with van der Waals surface area (Å²) in [5.74, 6) is -2.31. The number of carbonyl (C=O) groups is 2. The molecule has 2 amide bonds. The first-order chi connectivity index (χ1) is 14.4. The van der Waals surface area contributed by atoms with Crippen molar-refractivity contribution in [3.05, 3.63) is 64.2 Å². The van der Waals surface area contributed by atoms with Crippen LogP contribution in [0.5, 0.6) is 0 Å². The van der Waals surface area contributed by atoms with Crippen LogP contribution < -0.4 is 10.9 Å². The maximum Gasteiger partial charge on any atom is 0.280 e. The van der Waals surface area contributed by atoms with E-state index in [0.717, 1.165) is 49.0 Å². The molecule has 1 aliphatic heterocycles. The number of ether oxygens (including phenoxy) is 1. The van der Waals surface area contributed by atoms with Gasteiger partial charge in [-0.2, -0.15) is 5.26 Å². The van der Waals surface area contributed by atoms with Crippen LogP contribution >= 0.6 is 0 Å². The van der Waals surface area contributed by atoms with E-state index in [-0.39, 0.29) is 17.2 Å². The minimum absolute atomic E-state index is 0.166. The van der Waals surface area contributed by atoms with Gasteiger partial charge in [-0.1, -0.05) is 12.1 Å². The molecule has 0 bridgehead atoms. The van der Waals surface area contributed by atoms with E-state index in [1.165, 1.54) is 24.3 Å². The van der Waals surface area contributed by atoms with Crippen molar-refractivity contribution in [1.82, 2.24) is 15.4 Å². The van der Waals surface area contributed by atoms with E-state index in [9.17, 15) is 19.2 Å². The van der Waals surface area contributed by atoms with Crippen molar-refractivity contribution in [3.63, 3.8) is 0 Å². The van der Waals surface area contributed by atoms with E-state index < -0.39 is 17.6 Å². The predicted octanol–water partition coefficient (Wildman–Crippen LogP) is 2.79. The van der Waals surface area contributed by atoms with Crippen LogP contribution in [0.4, 0.5) is 4.39 Å². The number of nitrogens with one attached hydrogen (secondary N) is 2. The van der Waals surface area contributed by atoms with E-state index in [2.05, 4.69) is 15.4 Å². The number of carbonyl (C=O) groups excluding carboxylic acids is 2. The number of halogens is 1. The summed E-state index contributed by atoms with van der Waals surface area (Å²) in [6.07, 6.45) is 3.70. The highest BCUT2D eigenvalue weighted by Gasteiger charge is 2.19. The lowest BCUT2D eigenvalue weighted by molar-refractivity contribution is -0.117. The van der Waals surface area contributed by atoms with Crippen LogP contribution in [-0.4, -0.2) is 29.1 Å². The van der Waals surface area contributed by atoms with Gasteiger partial charge in [-0.25, -0.2) is 4.39 Å². The van der Waals surface area contributed by atoms with Gasteiger partial charge in [-0.15, -0.1) is 0 Å². The Labute approximate surface area is 174 Å². The molecule has 1 aromatic carbocycles. The number of benzene rings is 1. The molecule has 1 atom stereocenters. The summed E-state index contributed by atoms with van der Waals surface area (Å²) < 4.78 is 21.5. The Bertz CT molecular complexity index is 1030. The number of nitrogens with zero attached hydrogens (tertiary/aromatic N) is 2. The lowest BCUT2D eigenvalue weighted by atomic mass is 10.1. The van der Waals surface area contributed by atoms with Gasteiger partial charge in [0.15, 0.2) is 0 Å². The molecule has 1 aliphatic rings. The molecule has 1 fully saturated rings. The smallest absolute Gasteiger partial charge is 0.280 e. The quantitative estimate of drug-likeness (QED) is 0.450. The van der Waals surface area contributed by atoms with E-state index in [0.29, 0.717) is 0 Å². The molecular weight excluding hydrogens is 387 g/mol. The van der Waals surface area contributed by atoms with Crippen molar-refractivity contribution in [2.45, 2.75) is 39.3 Å². The summed E-state index contributed by atoms with van der Waals surface area (Å²) in [5, 5.41) is 9.40. The second kappa shape index (κ2) is 9.37. The number of amides is 2. The lowest BCUT2D eigenvalue weighted by Crippen LogP contribution is -2.42. The molecule has 1 aromatic heterocycles. The van der Waals surface area contributed by atoms with Gasteiger partial charge in [-0.05, 0) is 56.5 Å². The number of aryl methyl sites for hydroxylation is 1. The Balaban J connectivity index is 1.70. The first-order valence-electron chi connectivity index (χ1n) is 9.66. The fourth-order valence-corrected chi connectivity index (χ4v) is 3.44. The average molecular weight is 410 g/mol. The minimum Gasteiger partial charge on any atom is -0.376 e. The van der Waals surface area contributed by atoms with Crippen LogP contribution in [0.25, 0.3) is 6.08 Å². The Hall–Kier alpha value is -3.44. The van der Waals surface area contributed by atoms with E-state index in [1.54, 1.807) is 0 Å². The zero-order valence-corrected chi connectivity index (χ0v) is 16.9. The van der Waals surface area contributed by atoms with Gasteiger partial charge in [-0.3, -0.25) is 20.4 Å². The zero-order chi connectivity index (χ0) is 21.7. The fourth-order valence-electron chi connectivity index (χ4n) is 3.44. The highest BCUT2D eigenvalue weighted by Crippen LogP contribution is 2.22. The first-order valence-corrected chi connectivity index (χ1v) is 9.66. The van der Waals surface area contributed by atoms with Crippen LogP contribution in [0.15, 0.2) is 35.9 Å². The zero-order valence-electron chi connectivity index (χ0n) is 16.9. The van der Waals surface area contributed by atoms with Crippen LogP contribution in [0.3, 0.4) is 0 Å². The van der Waals surface area contributed by atoms with Gasteiger partial charge in [0.25, 0.3) is 11.8 Å². The number of hydrazine groups is 1. The van der Waals surface area contributed by atoms with Gasteiger partial charge in [0.1, 0.15) is 17.5 Å². The van der Waals surface area contributed by atoms with Crippen LogP contribution in [0, 0.1) is 31.0 Å². The number of nitriles is 1. The van der Waals surface area contributed by atoms with Crippen molar-refractivity contribution in [1.29, 1.82) is 5.26 Å². The largest absolute Gasteiger partial charge is 0.376 e. The van der Waals surface area contributed by atoms with Gasteiger partial charge >= 0.3 is 0 Å². The summed E-state index contributed by atoms with van der Waals surface area (Å²) in [6.45, 7) is 5.37. The predicted molar refractivity (Wildman–Crippen MR) is 108 cm³/mol. The Morgan fingerprint density at radius 1 is 1.33 bits per heavy atom. The van der Waals surface area contributed by atoms with Crippen LogP contribution in [-0.2, 0) is 16.1 Å². The van der Waals surface area contributed by atoms with Crippen molar-refractivity contribution in [3.8, 4) is 6.07 Å². The highest BCUT2D eigenvalue weighted by molar-refractivity contribution is 6.03. The second-order valence-corrected chi connectivity index (χ2v) is 7.13. The van der Waals surface area contributed by atoms with Gasteiger partial charge < -0.3 is 9.30 Å². The summed E-state index contributed by atoms with van der Waals surface area (Å²) in [5.41, 5.74) is 6.54. The van der Waals surface area contributed by atoms with Crippen molar-refractivity contribution in [2.75, 3.05) is 6.61 Å². The highest BCUT2D eigenvalue weighted by atomic mass is 19.1. The molecule has 0 aliphatic carbocycles. The molecule has 30 heavy (non-hydrogen) atoms. The Morgan fingerprint density at radius 3 is 2.77 bits per heavy atom. The third-order valence-corrected chi connectivity index (χ3v) is 5.10. The molecule has 1 unspecified atom stereocenters. The standard InChI is InChI=1S/C22H23FN4O3/c1-14-10-16(15(2)27(14)13-18-6-5-9-30-18)11-17(12-24)21(28)25-26-22(29)19-7-3-4-8-20(19)23/h3-4,7-8,10-11,18H,5-6,9,13H2,1-2H3,(H,25,28)(H,26,29)/b17-11+. The molecule has 0 spiro atoms. The van der Waals surface area contributed by atoms with Gasteiger partial charge in [0.05, 0.1) is 11.7 Å². The monoisotopic (exact) mass is 410 g/mol. The molecule has 156 valence electrons. The maximum atomic E-state index is 13.7. The third-order valence-electron chi connectivity index (χ3n) is 5.10. The molecule has 7 nitrogen and oxygen atoms in total. The molecular formula is C22H23FN4O3. The lowest BCUT2D eigenvalue weighted by Gasteiger charge is -2.14. The van der Waals surface area contributed by atoms with Gasteiger partial charge in [0.2, 0.25) is 0 Å². The number of hydrogen-bond acceptors (Lipinski definition) is 4. The third kappa shape index (κ3) is 4.75. The summed E-state index contributed by atoms with van der Waals surface area (Å²) >= 11 is 0. The molecule has 8 heteroatoms. The van der Waals surface area contributed by atoms with E-state index in [1.807, 2.05) is 26.0 Å². The fraction of sp³-hybridized carbons (Fsp3) is 0.318. The van der Waals surface area contributed by atoms with Crippen molar-refractivity contribution >= 4 is 17.9 Å². The molecule has 2 aromatic rings. The second-order valence-electron chi connectivity index (χ2n) is 7.13. The van der Waals surface area contributed by atoms with Crippen LogP contribution in [0.1, 0.15) is 40.2 Å². The Morgan fingerprint density at radius 2 is 2.10 bits per heavy atom. The van der Waals surface area contributed by atoms with Crippen molar-refractivity contribution in [2.24, 2.45) is 0 Å². The molecule has 0 radical (unpaired) electrons. The topological polar surface area (TPSA) is 96.2 Å². The van der Waals surface area contributed by atoms with Crippen molar-refractivity contribution < 1.29 is 18.7 Å². The maximum absolute atomic E-state index is 13.7. The number of hydrogen-bond donors (Lipinski definition) is 2. The number of rotatable bonds is 5. The summed E-state index contributed by atoms with van der Waals surface area (Å²) in [4.78, 5) is 24.4.